The van der Waals surface area contributed by atoms with Gasteiger partial charge >= 0.3 is 12.1 Å². The van der Waals surface area contributed by atoms with Gasteiger partial charge in [0.2, 0.25) is 5.95 Å². The van der Waals surface area contributed by atoms with Gasteiger partial charge < -0.3 is 15.5 Å². The Balaban J connectivity index is 1.40. The van der Waals surface area contributed by atoms with E-state index in [1.54, 1.807) is 24.4 Å². The van der Waals surface area contributed by atoms with Crippen LogP contribution in [-0.2, 0) is 16.6 Å². The van der Waals surface area contributed by atoms with E-state index >= 15 is 0 Å². The molecule has 0 unspecified atom stereocenters. The van der Waals surface area contributed by atoms with Crippen LogP contribution in [0.5, 0.6) is 0 Å². The Kier molecular flexibility index (Phi) is 5.68. The lowest BCUT2D eigenvalue weighted by Crippen LogP contribution is -2.33. The van der Waals surface area contributed by atoms with Crippen molar-refractivity contribution in [1.29, 1.82) is 0 Å². The van der Waals surface area contributed by atoms with Crippen LogP contribution in [0.4, 0.5) is 24.8 Å². The number of aromatic amines is 1. The van der Waals surface area contributed by atoms with Crippen LogP contribution in [0.3, 0.4) is 0 Å². The third kappa shape index (κ3) is 4.56. The predicted octanol–water partition coefficient (Wildman–Crippen LogP) is 4.70. The minimum atomic E-state index is -4.58. The summed E-state index contributed by atoms with van der Waals surface area (Å²) in [5.41, 5.74) is -0.497. The van der Waals surface area contributed by atoms with Crippen molar-refractivity contribution in [1.82, 2.24) is 25.1 Å². The molecule has 1 aromatic carbocycles. The molecule has 0 saturated heterocycles. The molecule has 1 saturated carbocycles. The van der Waals surface area contributed by atoms with Crippen molar-refractivity contribution in [2.45, 2.75) is 37.5 Å². The predicted molar refractivity (Wildman–Crippen MR) is 121 cm³/mol. The molecule has 0 amide bonds. The zero-order valence-corrected chi connectivity index (χ0v) is 18.8. The molecule has 0 spiro atoms. The van der Waals surface area contributed by atoms with E-state index < -0.39 is 29.4 Å². The summed E-state index contributed by atoms with van der Waals surface area (Å²) in [5.74, 6) is -1.50. The van der Waals surface area contributed by atoms with E-state index in [4.69, 9.17) is 0 Å². The van der Waals surface area contributed by atoms with E-state index in [9.17, 15) is 28.2 Å². The lowest BCUT2D eigenvalue weighted by atomic mass is 9.79. The molecule has 0 bridgehead atoms. The largest absolute Gasteiger partial charge is 0.481 e. The van der Waals surface area contributed by atoms with E-state index in [1.165, 1.54) is 11.3 Å². The SMILES string of the molecule is O=C(O)[C@H]1CC[C@](O)(c2ncc(-c3n[nH]c4ccc(Nc5nccc(C(F)(F)F)n5)cc34)s2)CC1. The number of benzene rings is 1. The number of alkyl halides is 3. The highest BCUT2D eigenvalue weighted by Gasteiger charge is 2.39. The highest BCUT2D eigenvalue weighted by Crippen LogP contribution is 2.43. The molecule has 9 nitrogen and oxygen atoms in total. The Morgan fingerprint density at radius 1 is 1.20 bits per heavy atom. The monoisotopic (exact) mass is 504 g/mol. The van der Waals surface area contributed by atoms with Gasteiger partial charge in [-0.2, -0.15) is 18.3 Å². The number of hydrogen-bond acceptors (Lipinski definition) is 8. The molecule has 1 aliphatic carbocycles. The first-order valence-electron chi connectivity index (χ1n) is 10.7. The fourth-order valence-corrected chi connectivity index (χ4v) is 5.21. The van der Waals surface area contributed by atoms with Crippen LogP contribution in [0.25, 0.3) is 21.5 Å². The maximum Gasteiger partial charge on any atom is 0.433 e. The molecule has 4 N–H and O–H groups in total. The summed E-state index contributed by atoms with van der Waals surface area (Å²) in [6, 6.07) is 5.90. The highest BCUT2D eigenvalue weighted by atomic mass is 32.1. The molecule has 0 aliphatic heterocycles. The standard InChI is InChI=1S/C22H19F3N6O3S/c23-22(24,25)16-5-8-26-20(29-16)28-12-1-2-14-13(9-12)17(31-30-14)15-10-27-19(35-15)21(34)6-3-11(4-7-21)18(32)33/h1-2,5,8-11,34H,3-4,6-7H2,(H,30,31)(H,32,33)(H,26,28,29)/t11-,21+. The van der Waals surface area contributed by atoms with Crippen molar-refractivity contribution in [2.24, 2.45) is 5.92 Å². The van der Waals surface area contributed by atoms with Crippen LogP contribution in [0.2, 0.25) is 0 Å². The molecule has 0 atom stereocenters. The van der Waals surface area contributed by atoms with Gasteiger partial charge in [0.05, 0.1) is 16.3 Å². The number of aromatic nitrogens is 5. The van der Waals surface area contributed by atoms with Crippen LogP contribution in [0, 0.1) is 5.92 Å². The number of H-pyrrole nitrogens is 1. The maximum atomic E-state index is 13.0. The summed E-state index contributed by atoms with van der Waals surface area (Å²) < 4.78 is 38.9. The van der Waals surface area contributed by atoms with E-state index in [2.05, 4.69) is 30.5 Å². The Morgan fingerprint density at radius 3 is 2.69 bits per heavy atom. The number of aliphatic carboxylic acids is 1. The first-order chi connectivity index (χ1) is 16.6. The van der Waals surface area contributed by atoms with Crippen molar-refractivity contribution in [2.75, 3.05) is 5.32 Å². The average molecular weight is 504 g/mol. The van der Waals surface area contributed by atoms with Gasteiger partial charge in [0, 0.05) is 23.5 Å². The van der Waals surface area contributed by atoms with E-state index in [0.717, 1.165) is 12.3 Å². The highest BCUT2D eigenvalue weighted by molar-refractivity contribution is 7.15. The fourth-order valence-electron chi connectivity index (χ4n) is 4.14. The van der Waals surface area contributed by atoms with Crippen LogP contribution < -0.4 is 5.32 Å². The maximum absolute atomic E-state index is 13.0. The summed E-state index contributed by atoms with van der Waals surface area (Å²) in [5, 5.41) is 31.5. The number of nitrogens with one attached hydrogen (secondary N) is 2. The van der Waals surface area contributed by atoms with Gasteiger partial charge in [-0.3, -0.25) is 9.89 Å². The lowest BCUT2D eigenvalue weighted by Gasteiger charge is -2.32. The number of fused-ring (bicyclic) bond motifs is 1. The van der Waals surface area contributed by atoms with E-state index in [0.29, 0.717) is 57.9 Å². The third-order valence-electron chi connectivity index (χ3n) is 6.06. The number of halogens is 3. The number of thiazole rings is 1. The molecule has 3 aromatic heterocycles. The molecule has 1 aliphatic rings. The molecule has 3 heterocycles. The van der Waals surface area contributed by atoms with Gasteiger partial charge in [-0.15, -0.1) is 11.3 Å². The molecule has 1 fully saturated rings. The van der Waals surface area contributed by atoms with Crippen LogP contribution >= 0.6 is 11.3 Å². The lowest BCUT2D eigenvalue weighted by molar-refractivity contribution is -0.145. The molecule has 5 rings (SSSR count). The number of carbonyl (C=O) groups is 1. The number of aliphatic hydroxyl groups is 1. The summed E-state index contributed by atoms with van der Waals surface area (Å²) >= 11 is 1.27. The van der Waals surface area contributed by atoms with Gasteiger partial charge in [-0.25, -0.2) is 15.0 Å². The molecule has 182 valence electrons. The van der Waals surface area contributed by atoms with Crippen molar-refractivity contribution < 1.29 is 28.2 Å². The number of rotatable bonds is 5. The van der Waals surface area contributed by atoms with Crippen molar-refractivity contribution in [3.63, 3.8) is 0 Å². The molecule has 13 heteroatoms. The molecule has 35 heavy (non-hydrogen) atoms. The quantitative estimate of drug-likeness (QED) is 0.307. The third-order valence-corrected chi connectivity index (χ3v) is 7.26. The van der Waals surface area contributed by atoms with Crippen LogP contribution in [0.1, 0.15) is 36.4 Å². The Hall–Kier alpha value is -3.58. The molecule has 4 aromatic rings. The first kappa shape index (κ1) is 23.2. The first-order valence-corrected chi connectivity index (χ1v) is 11.5. The second-order valence-electron chi connectivity index (χ2n) is 8.39. The molecular formula is C22H19F3N6O3S. The molecular weight excluding hydrogens is 485 g/mol. The normalized spacial score (nSPS) is 20.7. The number of carboxylic acid groups (broad SMARTS) is 1. The Bertz CT molecular complexity index is 1390. The van der Waals surface area contributed by atoms with Crippen molar-refractivity contribution >= 4 is 39.8 Å². The number of nitrogens with zero attached hydrogens (tertiary/aromatic N) is 4. The summed E-state index contributed by atoms with van der Waals surface area (Å²) in [6.45, 7) is 0. The fraction of sp³-hybridized carbons (Fsp3) is 0.318. The summed E-state index contributed by atoms with van der Waals surface area (Å²) in [6.07, 6.45) is -0.577. The average Bonchev–Trinajstić information content (AvgIpc) is 3.46. The zero-order chi connectivity index (χ0) is 24.8. The number of hydrogen-bond donors (Lipinski definition) is 4. The van der Waals surface area contributed by atoms with Crippen LogP contribution in [0.15, 0.2) is 36.7 Å². The van der Waals surface area contributed by atoms with Gasteiger partial charge in [-0.05, 0) is 49.9 Å². The van der Waals surface area contributed by atoms with E-state index in [-0.39, 0.29) is 5.95 Å². The number of carboxylic acids is 1. The molecule has 0 radical (unpaired) electrons. The van der Waals surface area contributed by atoms with Crippen molar-refractivity contribution in [3.05, 3.63) is 47.4 Å². The van der Waals surface area contributed by atoms with Gasteiger partial charge in [0.25, 0.3) is 0 Å². The smallest absolute Gasteiger partial charge is 0.433 e. The minimum Gasteiger partial charge on any atom is -0.481 e. The Morgan fingerprint density at radius 2 is 1.97 bits per heavy atom. The Labute approximate surface area is 200 Å². The second kappa shape index (κ2) is 8.57. The zero-order valence-electron chi connectivity index (χ0n) is 18.0. The summed E-state index contributed by atoms with van der Waals surface area (Å²) in [7, 11) is 0. The van der Waals surface area contributed by atoms with Crippen molar-refractivity contribution in [3.8, 4) is 10.6 Å². The van der Waals surface area contributed by atoms with Gasteiger partial charge in [-0.1, -0.05) is 0 Å². The number of anilines is 2. The second-order valence-corrected chi connectivity index (χ2v) is 9.43. The van der Waals surface area contributed by atoms with Crippen LogP contribution in [-0.4, -0.2) is 41.3 Å². The van der Waals surface area contributed by atoms with E-state index in [1.807, 2.05) is 0 Å². The topological polar surface area (TPSA) is 137 Å². The summed E-state index contributed by atoms with van der Waals surface area (Å²) in [4.78, 5) is 23.7. The van der Waals surface area contributed by atoms with Gasteiger partial charge in [0.15, 0.2) is 0 Å². The van der Waals surface area contributed by atoms with Gasteiger partial charge in [0.1, 0.15) is 22.0 Å². The minimum absolute atomic E-state index is 0.191.